The van der Waals surface area contributed by atoms with Crippen LogP contribution in [0.3, 0.4) is 0 Å². The van der Waals surface area contributed by atoms with Gasteiger partial charge in [0.25, 0.3) is 0 Å². The summed E-state index contributed by atoms with van der Waals surface area (Å²) >= 11 is 0. The summed E-state index contributed by atoms with van der Waals surface area (Å²) in [6, 6.07) is 7.77. The molecule has 1 amide bonds. The summed E-state index contributed by atoms with van der Waals surface area (Å²) in [5, 5.41) is 2.52. The van der Waals surface area contributed by atoms with Crippen molar-refractivity contribution >= 4 is 12.1 Å². The molecule has 1 aromatic rings. The fourth-order valence-corrected chi connectivity index (χ4v) is 1.62. The number of carbonyl (C=O) groups is 2. The predicted molar refractivity (Wildman–Crippen MR) is 79.8 cm³/mol. The van der Waals surface area contributed by atoms with Crippen LogP contribution in [-0.4, -0.2) is 24.2 Å². The molecule has 5 heteroatoms. The van der Waals surface area contributed by atoms with E-state index < -0.39 is 11.7 Å². The van der Waals surface area contributed by atoms with Gasteiger partial charge in [0.15, 0.2) is 0 Å². The van der Waals surface area contributed by atoms with Gasteiger partial charge in [-0.2, -0.15) is 0 Å². The number of ether oxygens (including phenoxy) is 2. The van der Waals surface area contributed by atoms with E-state index in [1.807, 2.05) is 31.2 Å². The number of esters is 1. The molecule has 0 aliphatic heterocycles. The monoisotopic (exact) mass is 293 g/mol. The van der Waals surface area contributed by atoms with Crippen LogP contribution in [0.4, 0.5) is 4.79 Å². The SMILES string of the molecule is Cc1cccc(COC(=O)CCNC(=O)OC(C)(C)C)c1. The van der Waals surface area contributed by atoms with Crippen LogP contribution < -0.4 is 5.32 Å². The molecule has 1 N–H and O–H groups in total. The lowest BCUT2D eigenvalue weighted by Gasteiger charge is -2.19. The highest BCUT2D eigenvalue weighted by Crippen LogP contribution is 2.07. The summed E-state index contributed by atoms with van der Waals surface area (Å²) in [5.74, 6) is -0.354. The van der Waals surface area contributed by atoms with Gasteiger partial charge >= 0.3 is 12.1 Å². The number of hydrogen-bond donors (Lipinski definition) is 1. The van der Waals surface area contributed by atoms with Crippen LogP contribution in [0, 0.1) is 6.92 Å². The van der Waals surface area contributed by atoms with Gasteiger partial charge in [0.1, 0.15) is 12.2 Å². The molecule has 0 saturated carbocycles. The van der Waals surface area contributed by atoms with Crippen LogP contribution in [0.2, 0.25) is 0 Å². The second-order valence-corrected chi connectivity index (χ2v) is 5.83. The third-order valence-electron chi connectivity index (χ3n) is 2.48. The van der Waals surface area contributed by atoms with Gasteiger partial charge in [-0.15, -0.1) is 0 Å². The van der Waals surface area contributed by atoms with Crippen molar-refractivity contribution in [2.75, 3.05) is 6.54 Å². The van der Waals surface area contributed by atoms with E-state index in [9.17, 15) is 9.59 Å². The highest BCUT2D eigenvalue weighted by Gasteiger charge is 2.15. The first-order valence-corrected chi connectivity index (χ1v) is 6.94. The van der Waals surface area contributed by atoms with Crippen molar-refractivity contribution in [3.05, 3.63) is 35.4 Å². The molecule has 1 aromatic carbocycles. The average molecular weight is 293 g/mol. The van der Waals surface area contributed by atoms with E-state index in [0.717, 1.165) is 11.1 Å². The molecule has 0 aliphatic rings. The second-order valence-electron chi connectivity index (χ2n) is 5.83. The van der Waals surface area contributed by atoms with Crippen molar-refractivity contribution in [2.24, 2.45) is 0 Å². The fraction of sp³-hybridized carbons (Fsp3) is 0.500. The second kappa shape index (κ2) is 7.67. The van der Waals surface area contributed by atoms with Crippen LogP contribution in [0.5, 0.6) is 0 Å². The summed E-state index contributed by atoms with van der Waals surface area (Å²) in [6.07, 6.45) is -0.417. The normalized spacial score (nSPS) is 10.9. The summed E-state index contributed by atoms with van der Waals surface area (Å²) in [5.41, 5.74) is 1.52. The van der Waals surface area contributed by atoms with Crippen molar-refractivity contribution < 1.29 is 19.1 Å². The van der Waals surface area contributed by atoms with E-state index >= 15 is 0 Å². The summed E-state index contributed by atoms with van der Waals surface area (Å²) in [4.78, 5) is 22.9. The minimum Gasteiger partial charge on any atom is -0.461 e. The highest BCUT2D eigenvalue weighted by molar-refractivity contribution is 5.72. The number of amides is 1. The van der Waals surface area contributed by atoms with Gasteiger partial charge in [-0.3, -0.25) is 4.79 Å². The molecule has 0 atom stereocenters. The number of alkyl carbamates (subject to hydrolysis) is 1. The van der Waals surface area contributed by atoms with E-state index in [1.54, 1.807) is 20.8 Å². The van der Waals surface area contributed by atoms with Gasteiger partial charge in [0.05, 0.1) is 6.42 Å². The van der Waals surface area contributed by atoms with Crippen molar-refractivity contribution in [1.82, 2.24) is 5.32 Å². The van der Waals surface area contributed by atoms with Gasteiger partial charge < -0.3 is 14.8 Å². The Morgan fingerprint density at radius 1 is 1.24 bits per heavy atom. The van der Waals surface area contributed by atoms with Crippen LogP contribution >= 0.6 is 0 Å². The number of carbonyl (C=O) groups excluding carboxylic acids is 2. The molecule has 0 aromatic heterocycles. The molecule has 0 spiro atoms. The topological polar surface area (TPSA) is 64.6 Å². The maximum absolute atomic E-state index is 11.6. The molecule has 0 unspecified atom stereocenters. The molecular weight excluding hydrogens is 270 g/mol. The minimum absolute atomic E-state index is 0.116. The lowest BCUT2D eigenvalue weighted by molar-refractivity contribution is -0.144. The summed E-state index contributed by atoms with van der Waals surface area (Å²) in [7, 11) is 0. The lowest BCUT2D eigenvalue weighted by atomic mass is 10.1. The first-order chi connectivity index (χ1) is 9.76. The van der Waals surface area contributed by atoms with Gasteiger partial charge in [-0.25, -0.2) is 4.79 Å². The van der Waals surface area contributed by atoms with Gasteiger partial charge in [0.2, 0.25) is 0 Å². The van der Waals surface area contributed by atoms with Crippen molar-refractivity contribution in [3.63, 3.8) is 0 Å². The molecule has 0 heterocycles. The third-order valence-corrected chi connectivity index (χ3v) is 2.48. The maximum Gasteiger partial charge on any atom is 0.407 e. The van der Waals surface area contributed by atoms with Crippen LogP contribution in [0.25, 0.3) is 0 Å². The molecule has 116 valence electrons. The molecule has 0 saturated heterocycles. The highest BCUT2D eigenvalue weighted by atomic mass is 16.6. The van der Waals surface area contributed by atoms with Crippen LogP contribution in [-0.2, 0) is 20.9 Å². The molecule has 0 bridgehead atoms. The Kier molecular flexibility index (Phi) is 6.21. The Morgan fingerprint density at radius 3 is 2.57 bits per heavy atom. The maximum atomic E-state index is 11.6. The number of aryl methyl sites for hydroxylation is 1. The number of hydrogen-bond acceptors (Lipinski definition) is 4. The lowest BCUT2D eigenvalue weighted by Crippen LogP contribution is -2.33. The standard InChI is InChI=1S/C16H23NO4/c1-12-6-5-7-13(10-12)11-20-14(18)8-9-17-15(19)21-16(2,3)4/h5-7,10H,8-9,11H2,1-4H3,(H,17,19). The Hall–Kier alpha value is -2.04. The van der Waals surface area contributed by atoms with Crippen molar-refractivity contribution in [1.29, 1.82) is 0 Å². The van der Waals surface area contributed by atoms with Gasteiger partial charge in [0, 0.05) is 6.54 Å². The molecule has 0 radical (unpaired) electrons. The van der Waals surface area contributed by atoms with Crippen LogP contribution in [0.15, 0.2) is 24.3 Å². The first-order valence-electron chi connectivity index (χ1n) is 6.94. The van der Waals surface area contributed by atoms with Crippen molar-refractivity contribution in [3.8, 4) is 0 Å². The molecule has 0 fully saturated rings. The number of benzene rings is 1. The molecule has 5 nitrogen and oxygen atoms in total. The van der Waals surface area contributed by atoms with Gasteiger partial charge in [-0.1, -0.05) is 29.8 Å². The minimum atomic E-state index is -0.546. The predicted octanol–water partition coefficient (Wildman–Crippen LogP) is 2.95. The number of nitrogens with one attached hydrogen (secondary N) is 1. The smallest absolute Gasteiger partial charge is 0.407 e. The van der Waals surface area contributed by atoms with Crippen LogP contribution in [0.1, 0.15) is 38.3 Å². The van der Waals surface area contributed by atoms with E-state index in [-0.39, 0.29) is 25.5 Å². The van der Waals surface area contributed by atoms with E-state index in [0.29, 0.717) is 0 Å². The zero-order valence-electron chi connectivity index (χ0n) is 13.1. The average Bonchev–Trinajstić information content (AvgIpc) is 2.34. The Balaban J connectivity index is 2.21. The Morgan fingerprint density at radius 2 is 1.95 bits per heavy atom. The molecule has 1 rings (SSSR count). The molecular formula is C16H23NO4. The summed E-state index contributed by atoms with van der Waals surface area (Å²) < 4.78 is 10.2. The summed E-state index contributed by atoms with van der Waals surface area (Å²) in [6.45, 7) is 7.76. The molecule has 0 aliphatic carbocycles. The third kappa shape index (κ3) is 7.97. The Labute approximate surface area is 125 Å². The first kappa shape index (κ1) is 17.0. The quantitative estimate of drug-likeness (QED) is 0.848. The zero-order chi connectivity index (χ0) is 15.9. The van der Waals surface area contributed by atoms with Crippen molar-refractivity contribution in [2.45, 2.75) is 46.3 Å². The largest absolute Gasteiger partial charge is 0.461 e. The number of rotatable bonds is 5. The van der Waals surface area contributed by atoms with E-state index in [4.69, 9.17) is 9.47 Å². The fourth-order valence-electron chi connectivity index (χ4n) is 1.62. The zero-order valence-corrected chi connectivity index (χ0v) is 13.1. The van der Waals surface area contributed by atoms with E-state index in [1.165, 1.54) is 0 Å². The van der Waals surface area contributed by atoms with Gasteiger partial charge in [-0.05, 0) is 33.3 Å². The Bertz CT molecular complexity index is 491. The molecule has 21 heavy (non-hydrogen) atoms. The van der Waals surface area contributed by atoms with E-state index in [2.05, 4.69) is 5.32 Å².